The fraction of sp³-hybridized carbons (Fsp3) is 0.938. The van der Waals surface area contributed by atoms with Gasteiger partial charge in [0.1, 0.15) is 0 Å². The van der Waals surface area contributed by atoms with Crippen LogP contribution in [0.3, 0.4) is 0 Å². The van der Waals surface area contributed by atoms with E-state index in [9.17, 15) is 4.79 Å². The van der Waals surface area contributed by atoms with E-state index in [1.165, 1.54) is 25.7 Å². The predicted molar refractivity (Wildman–Crippen MR) is 84.6 cm³/mol. The first-order chi connectivity index (χ1) is 9.49. The molecule has 4 nitrogen and oxygen atoms in total. The van der Waals surface area contributed by atoms with E-state index in [4.69, 9.17) is 5.73 Å². The maximum absolute atomic E-state index is 12.0. The summed E-state index contributed by atoms with van der Waals surface area (Å²) in [5.41, 5.74) is 6.04. The average Bonchev–Trinajstić information content (AvgIpc) is 2.64. The maximum atomic E-state index is 12.0. The Hall–Kier alpha value is -0.610. The third kappa shape index (κ3) is 7.25. The summed E-state index contributed by atoms with van der Waals surface area (Å²) in [4.78, 5) is 14.1. The van der Waals surface area contributed by atoms with Crippen molar-refractivity contribution in [2.45, 2.75) is 70.9 Å². The molecule has 0 aromatic carbocycles. The van der Waals surface area contributed by atoms with E-state index in [0.29, 0.717) is 18.5 Å². The Labute approximate surface area is 124 Å². The zero-order valence-corrected chi connectivity index (χ0v) is 13.5. The Morgan fingerprint density at radius 3 is 2.40 bits per heavy atom. The smallest absolute Gasteiger partial charge is 0.234 e. The largest absolute Gasteiger partial charge is 0.352 e. The summed E-state index contributed by atoms with van der Waals surface area (Å²) in [5.74, 6) is 0.667. The molecule has 0 radical (unpaired) electrons. The number of carbonyl (C=O) groups is 1. The molecule has 0 aromatic rings. The van der Waals surface area contributed by atoms with Crippen molar-refractivity contribution < 1.29 is 4.79 Å². The molecule has 1 aliphatic carbocycles. The highest BCUT2D eigenvalue weighted by Gasteiger charge is 2.16. The number of nitrogens with two attached hydrogens (primary N) is 1. The van der Waals surface area contributed by atoms with Gasteiger partial charge in [0.15, 0.2) is 0 Å². The van der Waals surface area contributed by atoms with Gasteiger partial charge in [-0.15, -0.1) is 0 Å². The first-order valence-electron chi connectivity index (χ1n) is 8.22. The van der Waals surface area contributed by atoms with Crippen molar-refractivity contribution in [2.24, 2.45) is 11.7 Å². The molecule has 0 bridgehead atoms. The van der Waals surface area contributed by atoms with E-state index >= 15 is 0 Å². The molecule has 20 heavy (non-hydrogen) atoms. The van der Waals surface area contributed by atoms with E-state index in [1.54, 1.807) is 0 Å². The molecule has 1 fully saturated rings. The van der Waals surface area contributed by atoms with Crippen molar-refractivity contribution in [3.8, 4) is 0 Å². The lowest BCUT2D eigenvalue weighted by atomic mass is 10.0. The zero-order valence-electron chi connectivity index (χ0n) is 13.5. The maximum Gasteiger partial charge on any atom is 0.234 e. The molecule has 0 heterocycles. The molecule has 0 saturated heterocycles. The minimum absolute atomic E-state index is 0.164. The van der Waals surface area contributed by atoms with Gasteiger partial charge in [0.05, 0.1) is 6.54 Å². The Kier molecular flexibility index (Phi) is 8.15. The van der Waals surface area contributed by atoms with Crippen molar-refractivity contribution in [1.29, 1.82) is 0 Å². The number of nitrogens with zero attached hydrogens (tertiary/aromatic N) is 1. The van der Waals surface area contributed by atoms with Crippen LogP contribution >= 0.6 is 0 Å². The van der Waals surface area contributed by atoms with Gasteiger partial charge in [0.25, 0.3) is 0 Å². The van der Waals surface area contributed by atoms with Crippen LogP contribution in [-0.4, -0.2) is 43.0 Å². The summed E-state index contributed by atoms with van der Waals surface area (Å²) < 4.78 is 0. The molecule has 0 aliphatic heterocycles. The second-order valence-corrected chi connectivity index (χ2v) is 6.69. The predicted octanol–water partition coefficient (Wildman–Crippen LogP) is 2.13. The van der Waals surface area contributed by atoms with Crippen molar-refractivity contribution in [3.05, 3.63) is 0 Å². The standard InChI is InChI=1S/C16H33N3O/c1-13(2)15(17)10-11-19(3)12-16(20)18-14-8-6-4-5-7-9-14/h13-15H,4-12,17H2,1-3H3,(H,18,20). The number of likely N-dealkylation sites (N-methyl/N-ethyl adjacent to an activating group) is 1. The van der Waals surface area contributed by atoms with Gasteiger partial charge in [0, 0.05) is 12.1 Å². The monoisotopic (exact) mass is 283 g/mol. The molecule has 1 unspecified atom stereocenters. The van der Waals surface area contributed by atoms with E-state index < -0.39 is 0 Å². The van der Waals surface area contributed by atoms with Gasteiger partial charge in [-0.3, -0.25) is 9.69 Å². The lowest BCUT2D eigenvalue weighted by Gasteiger charge is -2.22. The lowest BCUT2D eigenvalue weighted by molar-refractivity contribution is -0.122. The molecular weight excluding hydrogens is 250 g/mol. The van der Waals surface area contributed by atoms with Crippen molar-refractivity contribution in [3.63, 3.8) is 0 Å². The minimum atomic E-state index is 0.164. The summed E-state index contributed by atoms with van der Waals surface area (Å²) in [6, 6.07) is 0.624. The van der Waals surface area contributed by atoms with Gasteiger partial charge >= 0.3 is 0 Å². The molecule has 4 heteroatoms. The molecule has 118 valence electrons. The molecule has 1 saturated carbocycles. The molecular formula is C16H33N3O. The summed E-state index contributed by atoms with van der Waals surface area (Å²) in [6.07, 6.45) is 8.39. The molecule has 0 aromatic heterocycles. The Bertz CT molecular complexity index is 273. The second kappa shape index (κ2) is 9.35. The van der Waals surface area contributed by atoms with Gasteiger partial charge in [-0.05, 0) is 38.8 Å². The second-order valence-electron chi connectivity index (χ2n) is 6.69. The molecule has 1 amide bonds. The van der Waals surface area contributed by atoms with Crippen molar-refractivity contribution in [2.75, 3.05) is 20.1 Å². The SMILES string of the molecule is CC(C)C(N)CCN(C)CC(=O)NC1CCCCCC1. The number of hydrogen-bond donors (Lipinski definition) is 2. The number of amides is 1. The molecule has 1 rings (SSSR count). The van der Waals surface area contributed by atoms with Crippen LogP contribution in [0.25, 0.3) is 0 Å². The highest BCUT2D eigenvalue weighted by atomic mass is 16.2. The summed E-state index contributed by atoms with van der Waals surface area (Å²) in [6.45, 7) is 5.66. The Morgan fingerprint density at radius 1 is 1.25 bits per heavy atom. The van der Waals surface area contributed by atoms with Crippen LogP contribution in [0.2, 0.25) is 0 Å². The third-order valence-electron chi connectivity index (χ3n) is 4.33. The number of rotatable bonds is 7. The van der Waals surface area contributed by atoms with Crippen LogP contribution in [0, 0.1) is 5.92 Å². The van der Waals surface area contributed by atoms with Crippen LogP contribution in [-0.2, 0) is 4.79 Å². The van der Waals surface area contributed by atoms with Crippen LogP contribution < -0.4 is 11.1 Å². The average molecular weight is 283 g/mol. The van der Waals surface area contributed by atoms with E-state index in [2.05, 4.69) is 24.1 Å². The van der Waals surface area contributed by atoms with Crippen LogP contribution in [0.4, 0.5) is 0 Å². The summed E-state index contributed by atoms with van der Waals surface area (Å²) in [7, 11) is 2.00. The third-order valence-corrected chi connectivity index (χ3v) is 4.33. The van der Waals surface area contributed by atoms with Gasteiger partial charge in [-0.1, -0.05) is 39.5 Å². The quantitative estimate of drug-likeness (QED) is 0.704. The van der Waals surface area contributed by atoms with E-state index in [0.717, 1.165) is 25.8 Å². The van der Waals surface area contributed by atoms with Gasteiger partial charge in [-0.2, -0.15) is 0 Å². The topological polar surface area (TPSA) is 58.4 Å². The number of nitrogens with one attached hydrogen (secondary N) is 1. The molecule has 3 N–H and O–H groups in total. The number of hydrogen-bond acceptors (Lipinski definition) is 3. The molecule has 1 aliphatic rings. The molecule has 1 atom stereocenters. The van der Waals surface area contributed by atoms with E-state index in [-0.39, 0.29) is 11.9 Å². The fourth-order valence-corrected chi connectivity index (χ4v) is 2.72. The number of carbonyl (C=O) groups excluding carboxylic acids is 1. The molecule has 0 spiro atoms. The first kappa shape index (κ1) is 17.4. The van der Waals surface area contributed by atoms with Crippen molar-refractivity contribution >= 4 is 5.91 Å². The Morgan fingerprint density at radius 2 is 1.85 bits per heavy atom. The van der Waals surface area contributed by atoms with Gasteiger partial charge in [-0.25, -0.2) is 0 Å². The van der Waals surface area contributed by atoms with Gasteiger partial charge < -0.3 is 11.1 Å². The van der Waals surface area contributed by atoms with Crippen molar-refractivity contribution in [1.82, 2.24) is 10.2 Å². The highest BCUT2D eigenvalue weighted by molar-refractivity contribution is 5.78. The normalized spacial score (nSPS) is 19.1. The van der Waals surface area contributed by atoms with Crippen LogP contribution in [0.15, 0.2) is 0 Å². The van der Waals surface area contributed by atoms with Gasteiger partial charge in [0.2, 0.25) is 5.91 Å². The highest BCUT2D eigenvalue weighted by Crippen LogP contribution is 2.17. The van der Waals surface area contributed by atoms with Crippen LogP contribution in [0.5, 0.6) is 0 Å². The lowest BCUT2D eigenvalue weighted by Crippen LogP contribution is -2.42. The fourth-order valence-electron chi connectivity index (χ4n) is 2.72. The Balaban J connectivity index is 2.20. The zero-order chi connectivity index (χ0) is 15.0. The summed E-state index contributed by atoms with van der Waals surface area (Å²) in [5, 5.41) is 3.19. The first-order valence-corrected chi connectivity index (χ1v) is 8.22. The summed E-state index contributed by atoms with van der Waals surface area (Å²) >= 11 is 0. The van der Waals surface area contributed by atoms with Crippen LogP contribution in [0.1, 0.15) is 58.8 Å². The minimum Gasteiger partial charge on any atom is -0.352 e. The van der Waals surface area contributed by atoms with E-state index in [1.807, 2.05) is 7.05 Å².